The predicted octanol–water partition coefficient (Wildman–Crippen LogP) is 2.24. The molecular formula is C18H29N3. The van der Waals surface area contributed by atoms with Gasteiger partial charge in [-0.3, -0.25) is 4.90 Å². The van der Waals surface area contributed by atoms with Crippen LogP contribution in [0.4, 0.5) is 0 Å². The summed E-state index contributed by atoms with van der Waals surface area (Å²) in [5.41, 5.74) is 1.44. The SMILES string of the molecule is c1ccc(CN2CCCC(NCC3CCCNC3)C2)cc1. The molecule has 0 radical (unpaired) electrons. The van der Waals surface area contributed by atoms with Crippen LogP contribution in [0.25, 0.3) is 0 Å². The van der Waals surface area contributed by atoms with Crippen molar-refractivity contribution in [3.63, 3.8) is 0 Å². The summed E-state index contributed by atoms with van der Waals surface area (Å²) in [4.78, 5) is 2.61. The summed E-state index contributed by atoms with van der Waals surface area (Å²) in [5, 5.41) is 7.34. The van der Waals surface area contributed by atoms with E-state index in [2.05, 4.69) is 45.9 Å². The summed E-state index contributed by atoms with van der Waals surface area (Å²) in [5.74, 6) is 0.836. The van der Waals surface area contributed by atoms with Gasteiger partial charge in [0.05, 0.1) is 0 Å². The van der Waals surface area contributed by atoms with Crippen LogP contribution in [0, 0.1) is 5.92 Å². The normalized spacial score (nSPS) is 27.6. The minimum absolute atomic E-state index is 0.685. The Hall–Kier alpha value is -0.900. The second-order valence-corrected chi connectivity index (χ2v) is 6.68. The highest BCUT2D eigenvalue weighted by Crippen LogP contribution is 2.15. The highest BCUT2D eigenvalue weighted by molar-refractivity contribution is 5.14. The molecular weight excluding hydrogens is 258 g/mol. The summed E-state index contributed by atoms with van der Waals surface area (Å²) in [6.45, 7) is 7.16. The highest BCUT2D eigenvalue weighted by atomic mass is 15.2. The summed E-state index contributed by atoms with van der Waals surface area (Å²) >= 11 is 0. The molecule has 2 aliphatic heterocycles. The van der Waals surface area contributed by atoms with Crippen molar-refractivity contribution >= 4 is 0 Å². The summed E-state index contributed by atoms with van der Waals surface area (Å²) in [6, 6.07) is 11.6. The zero-order valence-electron chi connectivity index (χ0n) is 13.1. The van der Waals surface area contributed by atoms with Gasteiger partial charge in [-0.1, -0.05) is 30.3 Å². The van der Waals surface area contributed by atoms with E-state index < -0.39 is 0 Å². The fourth-order valence-corrected chi connectivity index (χ4v) is 3.64. The van der Waals surface area contributed by atoms with Gasteiger partial charge in [0.15, 0.2) is 0 Å². The molecule has 0 bridgehead atoms. The van der Waals surface area contributed by atoms with Crippen molar-refractivity contribution in [1.29, 1.82) is 0 Å². The molecule has 116 valence electrons. The third kappa shape index (κ3) is 4.80. The first kappa shape index (κ1) is 15.0. The van der Waals surface area contributed by atoms with E-state index in [1.165, 1.54) is 64.0 Å². The molecule has 0 amide bonds. The molecule has 3 heteroatoms. The first-order chi connectivity index (χ1) is 10.4. The second-order valence-electron chi connectivity index (χ2n) is 6.68. The van der Waals surface area contributed by atoms with Crippen LogP contribution in [0.5, 0.6) is 0 Å². The lowest BCUT2D eigenvalue weighted by molar-refractivity contribution is 0.178. The molecule has 0 aromatic heterocycles. The van der Waals surface area contributed by atoms with Crippen LogP contribution < -0.4 is 10.6 Å². The molecule has 2 heterocycles. The largest absolute Gasteiger partial charge is 0.316 e. The van der Waals surface area contributed by atoms with Crippen LogP contribution in [0.2, 0.25) is 0 Å². The van der Waals surface area contributed by atoms with Crippen molar-refractivity contribution in [2.75, 3.05) is 32.7 Å². The quantitative estimate of drug-likeness (QED) is 0.870. The van der Waals surface area contributed by atoms with Crippen molar-refractivity contribution in [3.05, 3.63) is 35.9 Å². The standard InChI is InChI=1S/C18H29N3/c1-2-6-16(7-3-1)14-21-11-5-9-18(15-21)20-13-17-8-4-10-19-12-17/h1-3,6-7,17-20H,4-5,8-15H2. The maximum atomic E-state index is 3.83. The van der Waals surface area contributed by atoms with Gasteiger partial charge >= 0.3 is 0 Å². The van der Waals surface area contributed by atoms with E-state index in [9.17, 15) is 0 Å². The lowest BCUT2D eigenvalue weighted by Gasteiger charge is -2.34. The number of likely N-dealkylation sites (tertiary alicyclic amines) is 1. The summed E-state index contributed by atoms with van der Waals surface area (Å²) in [6.07, 6.45) is 5.40. The Morgan fingerprint density at radius 1 is 1.14 bits per heavy atom. The van der Waals surface area contributed by atoms with E-state index >= 15 is 0 Å². The maximum Gasteiger partial charge on any atom is 0.0234 e. The molecule has 2 saturated heterocycles. The molecule has 0 aliphatic carbocycles. The molecule has 3 nitrogen and oxygen atoms in total. The van der Waals surface area contributed by atoms with Crippen LogP contribution in [0.3, 0.4) is 0 Å². The number of hydrogen-bond donors (Lipinski definition) is 2. The van der Waals surface area contributed by atoms with Crippen molar-refractivity contribution in [1.82, 2.24) is 15.5 Å². The van der Waals surface area contributed by atoms with E-state index in [0.29, 0.717) is 6.04 Å². The van der Waals surface area contributed by atoms with Gasteiger partial charge < -0.3 is 10.6 Å². The van der Waals surface area contributed by atoms with Gasteiger partial charge in [0, 0.05) is 19.1 Å². The smallest absolute Gasteiger partial charge is 0.0234 e. The van der Waals surface area contributed by atoms with Crippen LogP contribution >= 0.6 is 0 Å². The van der Waals surface area contributed by atoms with Crippen LogP contribution in [0.15, 0.2) is 30.3 Å². The first-order valence-corrected chi connectivity index (χ1v) is 8.60. The molecule has 1 aromatic carbocycles. The number of piperidine rings is 2. The summed E-state index contributed by atoms with van der Waals surface area (Å²) in [7, 11) is 0. The number of benzene rings is 1. The average molecular weight is 287 g/mol. The lowest BCUT2D eigenvalue weighted by atomic mass is 9.98. The Morgan fingerprint density at radius 2 is 2.05 bits per heavy atom. The fraction of sp³-hybridized carbons (Fsp3) is 0.667. The van der Waals surface area contributed by atoms with Crippen LogP contribution in [0.1, 0.15) is 31.2 Å². The molecule has 3 rings (SSSR count). The summed E-state index contributed by atoms with van der Waals surface area (Å²) < 4.78 is 0. The van der Waals surface area contributed by atoms with E-state index in [1.807, 2.05) is 0 Å². The molecule has 2 aliphatic rings. The van der Waals surface area contributed by atoms with Gasteiger partial charge in [-0.05, 0) is 63.3 Å². The molecule has 2 fully saturated rings. The van der Waals surface area contributed by atoms with Crippen molar-refractivity contribution in [3.8, 4) is 0 Å². The first-order valence-electron chi connectivity index (χ1n) is 8.60. The number of hydrogen-bond acceptors (Lipinski definition) is 3. The molecule has 0 saturated carbocycles. The van der Waals surface area contributed by atoms with Gasteiger partial charge in [-0.15, -0.1) is 0 Å². The van der Waals surface area contributed by atoms with Gasteiger partial charge in [0.1, 0.15) is 0 Å². The molecule has 2 unspecified atom stereocenters. The topological polar surface area (TPSA) is 27.3 Å². The van der Waals surface area contributed by atoms with Gasteiger partial charge in [-0.2, -0.15) is 0 Å². The third-order valence-corrected chi connectivity index (χ3v) is 4.85. The second kappa shape index (κ2) is 7.92. The number of nitrogens with zero attached hydrogens (tertiary/aromatic N) is 1. The van der Waals surface area contributed by atoms with Gasteiger partial charge in [-0.25, -0.2) is 0 Å². The van der Waals surface area contributed by atoms with E-state index in [1.54, 1.807) is 0 Å². The average Bonchev–Trinajstić information content (AvgIpc) is 2.55. The van der Waals surface area contributed by atoms with E-state index in [0.717, 1.165) is 12.5 Å². The van der Waals surface area contributed by atoms with Crippen molar-refractivity contribution in [2.24, 2.45) is 5.92 Å². The highest BCUT2D eigenvalue weighted by Gasteiger charge is 2.21. The Kier molecular flexibility index (Phi) is 5.67. The fourth-order valence-electron chi connectivity index (χ4n) is 3.64. The van der Waals surface area contributed by atoms with Crippen LogP contribution in [-0.2, 0) is 6.54 Å². The van der Waals surface area contributed by atoms with E-state index in [4.69, 9.17) is 0 Å². The third-order valence-electron chi connectivity index (χ3n) is 4.85. The molecule has 0 spiro atoms. The molecule has 21 heavy (non-hydrogen) atoms. The number of nitrogens with one attached hydrogen (secondary N) is 2. The molecule has 2 N–H and O–H groups in total. The van der Waals surface area contributed by atoms with Crippen LogP contribution in [-0.4, -0.2) is 43.7 Å². The molecule has 1 aromatic rings. The van der Waals surface area contributed by atoms with E-state index in [-0.39, 0.29) is 0 Å². The maximum absolute atomic E-state index is 3.83. The Labute approximate surface area is 129 Å². The van der Waals surface area contributed by atoms with Crippen molar-refractivity contribution in [2.45, 2.75) is 38.3 Å². The van der Waals surface area contributed by atoms with Gasteiger partial charge in [0.25, 0.3) is 0 Å². The zero-order chi connectivity index (χ0) is 14.3. The lowest BCUT2D eigenvalue weighted by Crippen LogP contribution is -2.47. The zero-order valence-corrected chi connectivity index (χ0v) is 13.1. The predicted molar refractivity (Wildman–Crippen MR) is 88.3 cm³/mol. The molecule has 2 atom stereocenters. The van der Waals surface area contributed by atoms with Crippen molar-refractivity contribution < 1.29 is 0 Å². The minimum atomic E-state index is 0.685. The number of rotatable bonds is 5. The monoisotopic (exact) mass is 287 g/mol. The van der Waals surface area contributed by atoms with Gasteiger partial charge in [0.2, 0.25) is 0 Å². The Balaban J connectivity index is 1.42. The minimum Gasteiger partial charge on any atom is -0.316 e. The Bertz CT molecular complexity index is 400. The Morgan fingerprint density at radius 3 is 2.86 bits per heavy atom.